The molecule has 0 spiro atoms. The maximum atomic E-state index is 12.8. The van der Waals surface area contributed by atoms with Crippen LogP contribution >= 0.6 is 0 Å². The number of benzene rings is 1. The highest BCUT2D eigenvalue weighted by Gasteiger charge is 2.41. The Balaban J connectivity index is 1.90. The van der Waals surface area contributed by atoms with E-state index in [1.54, 1.807) is 19.9 Å². The summed E-state index contributed by atoms with van der Waals surface area (Å²) in [5, 5.41) is 0. The zero-order valence-electron chi connectivity index (χ0n) is 22.7. The van der Waals surface area contributed by atoms with Gasteiger partial charge in [0.05, 0.1) is 18.3 Å². The van der Waals surface area contributed by atoms with E-state index in [-0.39, 0.29) is 23.8 Å². The van der Waals surface area contributed by atoms with Crippen LogP contribution in [-0.2, 0) is 16.0 Å². The second-order valence-electron chi connectivity index (χ2n) is 9.22. The van der Waals surface area contributed by atoms with Gasteiger partial charge in [0.15, 0.2) is 11.5 Å². The highest BCUT2D eigenvalue weighted by atomic mass is 16.5. The molecule has 4 atom stereocenters. The smallest absolute Gasteiger partial charge is 0.323 e. The lowest BCUT2D eigenvalue weighted by Crippen LogP contribution is -2.51. The van der Waals surface area contributed by atoms with E-state index in [9.17, 15) is 4.79 Å². The van der Waals surface area contributed by atoms with Crippen molar-refractivity contribution in [2.75, 3.05) is 27.2 Å². The second-order valence-corrected chi connectivity index (χ2v) is 9.22. The SMILES string of the molecule is [2H]C([2H])([2H])Oc1cc2c(cc1OC)C1CC(OC(=O)C(N)C([2H])(C)C)C(CC(C)C)CN1CC2. The van der Waals surface area contributed by atoms with Gasteiger partial charge in [-0.05, 0) is 47.9 Å². The van der Waals surface area contributed by atoms with E-state index in [4.69, 9.17) is 25.4 Å². The Hall–Kier alpha value is -1.79. The molecule has 0 aromatic heterocycles. The van der Waals surface area contributed by atoms with Gasteiger partial charge < -0.3 is 19.9 Å². The fourth-order valence-corrected chi connectivity index (χ4v) is 4.76. The molecule has 2 N–H and O–H groups in total. The number of methoxy groups -OCH3 is 2. The van der Waals surface area contributed by atoms with Gasteiger partial charge in [0.25, 0.3) is 0 Å². The van der Waals surface area contributed by atoms with E-state index in [1.165, 1.54) is 7.11 Å². The Morgan fingerprint density at radius 2 is 2.03 bits per heavy atom. The largest absolute Gasteiger partial charge is 0.493 e. The molecule has 2 aliphatic heterocycles. The number of hydrogen-bond acceptors (Lipinski definition) is 6. The molecule has 1 aromatic rings. The summed E-state index contributed by atoms with van der Waals surface area (Å²) in [4.78, 5) is 15.2. The van der Waals surface area contributed by atoms with Gasteiger partial charge in [-0.2, -0.15) is 0 Å². The van der Waals surface area contributed by atoms with Crippen LogP contribution in [0.4, 0.5) is 0 Å². The van der Waals surface area contributed by atoms with E-state index in [0.717, 1.165) is 37.1 Å². The summed E-state index contributed by atoms with van der Waals surface area (Å²) in [7, 11) is -1.08. The van der Waals surface area contributed by atoms with Crippen LogP contribution in [0.3, 0.4) is 0 Å². The number of carbonyl (C=O) groups is 1. The summed E-state index contributed by atoms with van der Waals surface area (Å²) in [5.41, 5.74) is 8.07. The molecule has 168 valence electrons. The fraction of sp³-hybridized carbons (Fsp3) is 0.708. The van der Waals surface area contributed by atoms with Gasteiger partial charge in [-0.25, -0.2) is 0 Å². The standard InChI is InChI=1S/C24H38N2O4/c1-14(2)9-17-13-26-8-7-16-10-21(28-5)22(29-6)11-18(16)19(26)12-20(17)30-24(27)23(25)15(3)4/h10-11,14-15,17,19-20,23H,7-9,12-13,25H2,1-6H3/i5D3,15D. The zero-order valence-corrected chi connectivity index (χ0v) is 18.7. The lowest BCUT2D eigenvalue weighted by Gasteiger charge is -2.47. The van der Waals surface area contributed by atoms with Crippen LogP contribution in [0.1, 0.15) is 63.2 Å². The van der Waals surface area contributed by atoms with Crippen LogP contribution in [0.5, 0.6) is 11.5 Å². The normalized spacial score (nSPS) is 27.6. The van der Waals surface area contributed by atoms with Gasteiger partial charge in [0.2, 0.25) is 0 Å². The quantitative estimate of drug-likeness (QED) is 0.677. The monoisotopic (exact) mass is 422 g/mol. The summed E-state index contributed by atoms with van der Waals surface area (Å²) in [6.45, 7) is 9.14. The minimum absolute atomic E-state index is 0.000843. The van der Waals surface area contributed by atoms with Crippen LogP contribution in [-0.4, -0.2) is 50.3 Å². The van der Waals surface area contributed by atoms with E-state index in [1.807, 2.05) is 6.07 Å². The Bertz CT molecular complexity index is 885. The molecular weight excluding hydrogens is 380 g/mol. The highest BCUT2D eigenvalue weighted by Crippen LogP contribution is 2.44. The molecule has 0 saturated carbocycles. The van der Waals surface area contributed by atoms with E-state index in [2.05, 4.69) is 18.7 Å². The van der Waals surface area contributed by atoms with Crippen molar-refractivity contribution in [3.63, 3.8) is 0 Å². The number of carbonyl (C=O) groups excluding carboxylic acids is 1. The van der Waals surface area contributed by atoms with Crippen molar-refractivity contribution < 1.29 is 24.5 Å². The number of fused-ring (bicyclic) bond motifs is 3. The van der Waals surface area contributed by atoms with Crippen molar-refractivity contribution in [1.29, 1.82) is 0 Å². The summed E-state index contributed by atoms with van der Waals surface area (Å²) < 4.78 is 47.1. The predicted octanol–water partition coefficient (Wildman–Crippen LogP) is 3.56. The number of nitrogens with two attached hydrogens (primary N) is 1. The first-order valence-corrected chi connectivity index (χ1v) is 10.8. The summed E-state index contributed by atoms with van der Waals surface area (Å²) in [6, 6.07) is 2.59. The van der Waals surface area contributed by atoms with Crippen molar-refractivity contribution >= 4 is 5.97 Å². The topological polar surface area (TPSA) is 74.0 Å². The number of rotatable bonds is 7. The van der Waals surface area contributed by atoms with Crippen LogP contribution < -0.4 is 15.2 Å². The molecule has 0 amide bonds. The van der Waals surface area contributed by atoms with Crippen LogP contribution in [0.25, 0.3) is 0 Å². The van der Waals surface area contributed by atoms with Crippen LogP contribution in [0.2, 0.25) is 0 Å². The molecule has 2 aliphatic rings. The number of hydrogen-bond donors (Lipinski definition) is 1. The van der Waals surface area contributed by atoms with Gasteiger partial charge in [-0.15, -0.1) is 0 Å². The van der Waals surface area contributed by atoms with Crippen molar-refractivity contribution in [3.05, 3.63) is 23.3 Å². The van der Waals surface area contributed by atoms with E-state index >= 15 is 0 Å². The summed E-state index contributed by atoms with van der Waals surface area (Å²) in [6.07, 6.45) is 1.97. The Morgan fingerprint density at radius 1 is 1.30 bits per heavy atom. The van der Waals surface area contributed by atoms with Gasteiger partial charge in [0, 0.05) is 32.8 Å². The van der Waals surface area contributed by atoms with Gasteiger partial charge in [-0.3, -0.25) is 9.69 Å². The lowest BCUT2D eigenvalue weighted by atomic mass is 9.79. The molecule has 4 unspecified atom stereocenters. The summed E-state index contributed by atoms with van der Waals surface area (Å²) >= 11 is 0. The van der Waals surface area contributed by atoms with E-state index in [0.29, 0.717) is 18.1 Å². The predicted molar refractivity (Wildman–Crippen MR) is 118 cm³/mol. The molecule has 6 nitrogen and oxygen atoms in total. The lowest BCUT2D eigenvalue weighted by molar-refractivity contribution is -0.160. The number of piperidine rings is 1. The van der Waals surface area contributed by atoms with Crippen molar-refractivity contribution in [2.24, 2.45) is 23.5 Å². The first-order chi connectivity index (χ1) is 15.7. The molecule has 0 bridgehead atoms. The van der Waals surface area contributed by atoms with Crippen LogP contribution in [0, 0.1) is 17.7 Å². The molecule has 2 heterocycles. The third-order valence-corrected chi connectivity index (χ3v) is 6.37. The van der Waals surface area contributed by atoms with Gasteiger partial charge >= 0.3 is 5.97 Å². The first kappa shape index (κ1) is 17.8. The van der Waals surface area contributed by atoms with Gasteiger partial charge in [0.1, 0.15) is 12.1 Å². The van der Waals surface area contributed by atoms with Crippen molar-refractivity contribution in [1.82, 2.24) is 4.90 Å². The number of esters is 1. The summed E-state index contributed by atoms with van der Waals surface area (Å²) in [5.74, 6) is -0.483. The molecular formula is C24H38N2O4. The average Bonchev–Trinajstić information content (AvgIpc) is 2.70. The molecule has 0 aliphatic carbocycles. The fourth-order valence-electron chi connectivity index (χ4n) is 4.76. The number of ether oxygens (including phenoxy) is 3. The van der Waals surface area contributed by atoms with Gasteiger partial charge in [-0.1, -0.05) is 27.7 Å². The third-order valence-electron chi connectivity index (χ3n) is 6.37. The Labute approximate surface area is 186 Å². The maximum absolute atomic E-state index is 12.8. The second kappa shape index (κ2) is 9.56. The first-order valence-electron chi connectivity index (χ1n) is 12.8. The third kappa shape index (κ3) is 4.75. The average molecular weight is 423 g/mol. The van der Waals surface area contributed by atoms with Crippen molar-refractivity contribution in [3.8, 4) is 11.5 Å². The maximum Gasteiger partial charge on any atom is 0.323 e. The molecule has 1 saturated heterocycles. The molecule has 1 aromatic carbocycles. The number of nitrogens with zero attached hydrogens (tertiary/aromatic N) is 1. The molecule has 6 heteroatoms. The van der Waals surface area contributed by atoms with E-state index < -0.39 is 24.9 Å². The van der Waals surface area contributed by atoms with Crippen LogP contribution in [0.15, 0.2) is 12.1 Å². The molecule has 1 fully saturated rings. The molecule has 30 heavy (non-hydrogen) atoms. The highest BCUT2D eigenvalue weighted by molar-refractivity contribution is 5.76. The van der Waals surface area contributed by atoms with Crippen molar-refractivity contribution in [2.45, 2.75) is 65.1 Å². The zero-order chi connectivity index (χ0) is 25.4. The Kier molecular flexibility index (Phi) is 5.69. The minimum atomic E-state index is -2.57. The molecule has 3 rings (SSSR count). The minimum Gasteiger partial charge on any atom is -0.493 e. The molecule has 0 radical (unpaired) electrons. The Morgan fingerprint density at radius 3 is 2.67 bits per heavy atom.